The van der Waals surface area contributed by atoms with Gasteiger partial charge in [-0.15, -0.1) is 0 Å². The molecule has 2 N–H and O–H groups in total. The second kappa shape index (κ2) is 7.41. The van der Waals surface area contributed by atoms with Crippen molar-refractivity contribution >= 4 is 12.0 Å². The van der Waals surface area contributed by atoms with Gasteiger partial charge < -0.3 is 15.4 Å². The van der Waals surface area contributed by atoms with Gasteiger partial charge in [0.1, 0.15) is 6.54 Å². The first-order valence-electron chi connectivity index (χ1n) is 6.25. The SMILES string of the molecule is CCOC(=O)CNC(=O)NCc1cc(C)cc(C)c1. The van der Waals surface area contributed by atoms with Gasteiger partial charge in [-0.25, -0.2) is 4.79 Å². The van der Waals surface area contributed by atoms with Crippen LogP contribution in [-0.2, 0) is 16.1 Å². The van der Waals surface area contributed by atoms with E-state index < -0.39 is 5.97 Å². The van der Waals surface area contributed by atoms with Crippen LogP contribution >= 0.6 is 0 Å². The lowest BCUT2D eigenvalue weighted by molar-refractivity contribution is -0.141. The maximum absolute atomic E-state index is 11.5. The fourth-order valence-corrected chi connectivity index (χ4v) is 1.78. The number of ether oxygens (including phenoxy) is 1. The molecule has 1 aromatic carbocycles. The zero-order valence-electron chi connectivity index (χ0n) is 11.6. The summed E-state index contributed by atoms with van der Waals surface area (Å²) in [4.78, 5) is 22.5. The standard InChI is InChI=1S/C14H20N2O3/c1-4-19-13(17)9-16-14(18)15-8-12-6-10(2)5-11(3)7-12/h5-7H,4,8-9H2,1-3H3,(H2,15,16,18). The largest absolute Gasteiger partial charge is 0.465 e. The molecule has 0 aliphatic heterocycles. The fraction of sp³-hybridized carbons (Fsp3) is 0.429. The molecule has 5 nitrogen and oxygen atoms in total. The van der Waals surface area contributed by atoms with Crippen molar-refractivity contribution in [3.05, 3.63) is 34.9 Å². The van der Waals surface area contributed by atoms with Gasteiger partial charge in [0.15, 0.2) is 0 Å². The van der Waals surface area contributed by atoms with Crippen molar-refractivity contribution in [3.63, 3.8) is 0 Å². The van der Waals surface area contributed by atoms with Gasteiger partial charge in [-0.2, -0.15) is 0 Å². The van der Waals surface area contributed by atoms with Gasteiger partial charge >= 0.3 is 12.0 Å². The van der Waals surface area contributed by atoms with Crippen LogP contribution in [0.2, 0.25) is 0 Å². The number of carbonyl (C=O) groups is 2. The maximum Gasteiger partial charge on any atom is 0.325 e. The summed E-state index contributed by atoms with van der Waals surface area (Å²) in [6.45, 7) is 6.36. The van der Waals surface area contributed by atoms with Crippen molar-refractivity contribution in [2.45, 2.75) is 27.3 Å². The van der Waals surface area contributed by atoms with Gasteiger partial charge in [0, 0.05) is 6.54 Å². The monoisotopic (exact) mass is 264 g/mol. The van der Waals surface area contributed by atoms with Gasteiger partial charge in [0.25, 0.3) is 0 Å². The van der Waals surface area contributed by atoms with Crippen LogP contribution < -0.4 is 10.6 Å². The summed E-state index contributed by atoms with van der Waals surface area (Å²) in [5.41, 5.74) is 3.34. The molecule has 1 aromatic rings. The van der Waals surface area contributed by atoms with Crippen LogP contribution in [0.4, 0.5) is 4.79 Å². The summed E-state index contributed by atoms with van der Waals surface area (Å²) >= 11 is 0. The highest BCUT2D eigenvalue weighted by Crippen LogP contribution is 2.08. The summed E-state index contributed by atoms with van der Waals surface area (Å²) in [6, 6.07) is 5.72. The van der Waals surface area contributed by atoms with Gasteiger partial charge in [-0.1, -0.05) is 29.3 Å². The number of urea groups is 1. The zero-order valence-corrected chi connectivity index (χ0v) is 11.6. The van der Waals surface area contributed by atoms with Crippen LogP contribution in [0.5, 0.6) is 0 Å². The lowest BCUT2D eigenvalue weighted by Gasteiger charge is -2.08. The van der Waals surface area contributed by atoms with Crippen LogP contribution in [-0.4, -0.2) is 25.2 Å². The molecule has 0 unspecified atom stereocenters. The molecule has 19 heavy (non-hydrogen) atoms. The highest BCUT2D eigenvalue weighted by molar-refractivity contribution is 5.80. The van der Waals surface area contributed by atoms with E-state index in [1.807, 2.05) is 26.0 Å². The summed E-state index contributed by atoms with van der Waals surface area (Å²) in [7, 11) is 0. The fourth-order valence-electron chi connectivity index (χ4n) is 1.78. The third-order valence-electron chi connectivity index (χ3n) is 2.43. The first-order valence-corrected chi connectivity index (χ1v) is 6.25. The van der Waals surface area contributed by atoms with Crippen molar-refractivity contribution in [1.82, 2.24) is 10.6 Å². The lowest BCUT2D eigenvalue weighted by Crippen LogP contribution is -2.38. The number of rotatable bonds is 5. The molecule has 1 rings (SSSR count). The molecule has 0 aromatic heterocycles. The minimum absolute atomic E-state index is 0.119. The molecule has 0 saturated heterocycles. The lowest BCUT2D eigenvalue weighted by atomic mass is 10.1. The van der Waals surface area contributed by atoms with Crippen LogP contribution in [0.1, 0.15) is 23.6 Å². The predicted octanol–water partition coefficient (Wildman–Crippen LogP) is 1.67. The number of amides is 2. The zero-order chi connectivity index (χ0) is 14.3. The van der Waals surface area contributed by atoms with Gasteiger partial charge in [-0.3, -0.25) is 4.79 Å². The summed E-state index contributed by atoms with van der Waals surface area (Å²) < 4.78 is 4.71. The molecular formula is C14H20N2O3. The molecule has 0 aliphatic carbocycles. The average molecular weight is 264 g/mol. The number of hydrogen-bond donors (Lipinski definition) is 2. The van der Waals surface area contributed by atoms with Crippen molar-refractivity contribution in [1.29, 1.82) is 0 Å². The number of aryl methyl sites for hydroxylation is 2. The Balaban J connectivity index is 2.35. The van der Waals surface area contributed by atoms with Crippen molar-refractivity contribution in [2.75, 3.05) is 13.2 Å². The van der Waals surface area contributed by atoms with Crippen LogP contribution in [0.3, 0.4) is 0 Å². The quantitative estimate of drug-likeness (QED) is 0.795. The third kappa shape index (κ3) is 5.90. The van der Waals surface area contributed by atoms with Crippen molar-refractivity contribution < 1.29 is 14.3 Å². The smallest absolute Gasteiger partial charge is 0.325 e. The highest BCUT2D eigenvalue weighted by atomic mass is 16.5. The summed E-state index contributed by atoms with van der Waals surface area (Å²) in [5, 5.41) is 5.14. The van der Waals surface area contributed by atoms with Gasteiger partial charge in [0.05, 0.1) is 6.61 Å². The topological polar surface area (TPSA) is 67.4 Å². The Kier molecular flexibility index (Phi) is 5.85. The minimum atomic E-state index is -0.441. The second-order valence-electron chi connectivity index (χ2n) is 4.34. The van der Waals surface area contributed by atoms with E-state index in [-0.39, 0.29) is 12.6 Å². The molecule has 0 aliphatic rings. The van der Waals surface area contributed by atoms with Crippen molar-refractivity contribution in [3.8, 4) is 0 Å². The Morgan fingerprint density at radius 3 is 2.32 bits per heavy atom. The van der Waals surface area contributed by atoms with E-state index in [2.05, 4.69) is 16.7 Å². The Hall–Kier alpha value is -2.04. The normalized spacial score (nSPS) is 9.84. The second-order valence-corrected chi connectivity index (χ2v) is 4.34. The minimum Gasteiger partial charge on any atom is -0.465 e. The van der Waals surface area contributed by atoms with Crippen LogP contribution in [0.15, 0.2) is 18.2 Å². The molecule has 0 heterocycles. The highest BCUT2D eigenvalue weighted by Gasteiger charge is 2.05. The van der Waals surface area contributed by atoms with E-state index in [1.54, 1.807) is 6.92 Å². The van der Waals surface area contributed by atoms with E-state index in [1.165, 1.54) is 0 Å². The Labute approximate surface area is 113 Å². The average Bonchev–Trinajstić information content (AvgIpc) is 2.33. The molecule has 0 saturated carbocycles. The van der Waals surface area contributed by atoms with E-state index in [9.17, 15) is 9.59 Å². The Morgan fingerprint density at radius 2 is 1.74 bits per heavy atom. The molecule has 5 heteroatoms. The first kappa shape index (κ1) is 15.0. The predicted molar refractivity (Wildman–Crippen MR) is 72.8 cm³/mol. The van der Waals surface area contributed by atoms with Crippen LogP contribution in [0.25, 0.3) is 0 Å². The van der Waals surface area contributed by atoms with Gasteiger partial charge in [0.2, 0.25) is 0 Å². The number of carbonyl (C=O) groups excluding carboxylic acids is 2. The number of esters is 1. The number of nitrogens with one attached hydrogen (secondary N) is 2. The van der Waals surface area contributed by atoms with Gasteiger partial charge in [-0.05, 0) is 26.3 Å². The van der Waals surface area contributed by atoms with E-state index in [0.717, 1.165) is 16.7 Å². The molecule has 2 amide bonds. The Morgan fingerprint density at radius 1 is 1.11 bits per heavy atom. The maximum atomic E-state index is 11.5. The number of benzene rings is 1. The van der Waals surface area contributed by atoms with Crippen LogP contribution in [0, 0.1) is 13.8 Å². The molecule has 0 fully saturated rings. The van der Waals surface area contributed by atoms with E-state index in [4.69, 9.17) is 4.74 Å². The van der Waals surface area contributed by atoms with Crippen molar-refractivity contribution in [2.24, 2.45) is 0 Å². The first-order chi connectivity index (χ1) is 9.01. The molecule has 0 spiro atoms. The number of hydrogen-bond acceptors (Lipinski definition) is 3. The van der Waals surface area contributed by atoms with E-state index in [0.29, 0.717) is 13.2 Å². The molecule has 104 valence electrons. The molecule has 0 radical (unpaired) electrons. The molecule has 0 atom stereocenters. The molecule has 0 bridgehead atoms. The summed E-state index contributed by atoms with van der Waals surface area (Å²) in [5.74, 6) is -0.441. The third-order valence-corrected chi connectivity index (χ3v) is 2.43. The molecular weight excluding hydrogens is 244 g/mol. The Bertz CT molecular complexity index is 438. The summed E-state index contributed by atoms with van der Waals surface area (Å²) in [6.07, 6.45) is 0. The van der Waals surface area contributed by atoms with E-state index >= 15 is 0 Å².